The smallest absolute Gasteiger partial charge is 0.264 e. The molecule has 0 saturated heterocycles. The van der Waals surface area contributed by atoms with Crippen LogP contribution in [0.4, 0.5) is 5.69 Å². The molecule has 0 atom stereocenters. The zero-order chi connectivity index (χ0) is 17.0. The molecule has 0 bridgehead atoms. The lowest BCUT2D eigenvalue weighted by Crippen LogP contribution is -2.43. The maximum atomic E-state index is 12.9. The molecule has 6 nitrogen and oxygen atoms in total. The minimum atomic E-state index is -3.92. The average molecular weight is 463 g/mol. The molecule has 0 spiro atoms. The van der Waals surface area contributed by atoms with Crippen LogP contribution < -0.4 is 15.6 Å². The van der Waals surface area contributed by atoms with Gasteiger partial charge in [-0.15, -0.1) is 0 Å². The van der Waals surface area contributed by atoms with Crippen molar-refractivity contribution in [3.63, 3.8) is 0 Å². The molecule has 0 radical (unpaired) electrons. The van der Waals surface area contributed by atoms with E-state index in [0.29, 0.717) is 10.2 Å². The van der Waals surface area contributed by atoms with E-state index in [1.54, 1.807) is 36.4 Å². The number of carbonyl (C=O) groups excluding carboxylic acids is 1. The number of amides is 1. The van der Waals surface area contributed by atoms with Gasteiger partial charge in [0.2, 0.25) is 0 Å². The van der Waals surface area contributed by atoms with Crippen LogP contribution in [0.1, 0.15) is 0 Å². The fourth-order valence-electron chi connectivity index (χ4n) is 1.86. The Kier molecular flexibility index (Phi) is 5.79. The highest BCUT2D eigenvalue weighted by molar-refractivity contribution is 9.10. The third-order valence-corrected chi connectivity index (χ3v) is 5.76. The van der Waals surface area contributed by atoms with E-state index >= 15 is 0 Å². The van der Waals surface area contributed by atoms with Crippen LogP contribution in [0.3, 0.4) is 0 Å². The lowest BCUT2D eigenvalue weighted by Gasteiger charge is -2.24. The molecule has 0 heterocycles. The van der Waals surface area contributed by atoms with Crippen LogP contribution in [0.2, 0.25) is 0 Å². The molecule has 3 N–H and O–H groups in total. The van der Waals surface area contributed by atoms with E-state index in [9.17, 15) is 13.2 Å². The molecule has 23 heavy (non-hydrogen) atoms. The first-order valence-electron chi connectivity index (χ1n) is 6.38. The largest absolute Gasteiger partial charge is 0.293 e. The van der Waals surface area contributed by atoms with E-state index in [2.05, 4.69) is 31.9 Å². The van der Waals surface area contributed by atoms with Crippen molar-refractivity contribution >= 4 is 53.5 Å². The molecule has 0 aliphatic rings. The third kappa shape index (κ3) is 4.31. The highest BCUT2D eigenvalue weighted by atomic mass is 79.9. The normalized spacial score (nSPS) is 11.1. The number of nitrogens with one attached hydrogen (secondary N) is 1. The highest BCUT2D eigenvalue weighted by Gasteiger charge is 2.27. The molecule has 0 fully saturated rings. The van der Waals surface area contributed by atoms with Crippen LogP contribution in [0, 0.1) is 0 Å². The summed E-state index contributed by atoms with van der Waals surface area (Å²) in [5.74, 6) is 4.47. The number of anilines is 1. The summed E-state index contributed by atoms with van der Waals surface area (Å²) < 4.78 is 28.2. The van der Waals surface area contributed by atoms with Gasteiger partial charge >= 0.3 is 0 Å². The van der Waals surface area contributed by atoms with Gasteiger partial charge in [-0.25, -0.2) is 14.3 Å². The molecule has 0 saturated carbocycles. The first kappa shape index (κ1) is 17.9. The summed E-state index contributed by atoms with van der Waals surface area (Å²) >= 11 is 6.55. The molecule has 2 aromatic carbocycles. The summed E-state index contributed by atoms with van der Waals surface area (Å²) in [5, 5.41) is 0. The van der Waals surface area contributed by atoms with Gasteiger partial charge in [0.05, 0.1) is 10.6 Å². The third-order valence-electron chi connectivity index (χ3n) is 2.95. The van der Waals surface area contributed by atoms with Crippen molar-refractivity contribution in [1.82, 2.24) is 5.43 Å². The minimum Gasteiger partial charge on any atom is -0.293 e. The van der Waals surface area contributed by atoms with Crippen molar-refractivity contribution in [3.05, 3.63) is 57.5 Å². The van der Waals surface area contributed by atoms with E-state index in [1.165, 1.54) is 12.1 Å². The van der Waals surface area contributed by atoms with Crippen molar-refractivity contribution < 1.29 is 13.2 Å². The summed E-state index contributed by atoms with van der Waals surface area (Å²) in [5.41, 5.74) is 2.30. The second-order valence-electron chi connectivity index (χ2n) is 4.51. The predicted octanol–water partition coefficient (Wildman–Crippen LogP) is 2.40. The van der Waals surface area contributed by atoms with Crippen LogP contribution in [0.15, 0.2) is 62.4 Å². The van der Waals surface area contributed by atoms with Gasteiger partial charge in [0, 0.05) is 8.95 Å². The Balaban J connectivity index is 2.51. The summed E-state index contributed by atoms with van der Waals surface area (Å²) in [6.45, 7) is -0.425. The van der Waals surface area contributed by atoms with Crippen LogP contribution in [0.25, 0.3) is 0 Å². The molecule has 2 aromatic rings. The van der Waals surface area contributed by atoms with Crippen LogP contribution in [-0.2, 0) is 14.8 Å². The van der Waals surface area contributed by atoms with Crippen LogP contribution in [-0.4, -0.2) is 20.9 Å². The Bertz CT molecular complexity index is 810. The van der Waals surface area contributed by atoms with Gasteiger partial charge in [-0.2, -0.15) is 0 Å². The number of rotatable bonds is 5. The number of nitrogens with zero attached hydrogens (tertiary/aromatic N) is 1. The number of halogens is 2. The van der Waals surface area contributed by atoms with Crippen LogP contribution in [0.5, 0.6) is 0 Å². The molecular formula is C14H13Br2N3O3S. The van der Waals surface area contributed by atoms with Crippen molar-refractivity contribution in [3.8, 4) is 0 Å². The van der Waals surface area contributed by atoms with Gasteiger partial charge in [-0.1, -0.05) is 37.9 Å². The molecule has 9 heteroatoms. The summed E-state index contributed by atoms with van der Waals surface area (Å²) in [6, 6.07) is 12.8. The predicted molar refractivity (Wildman–Crippen MR) is 95.1 cm³/mol. The maximum absolute atomic E-state index is 12.9. The number of benzene rings is 2. The van der Waals surface area contributed by atoms with Crippen molar-refractivity contribution in [2.24, 2.45) is 5.84 Å². The van der Waals surface area contributed by atoms with Gasteiger partial charge in [0.25, 0.3) is 15.9 Å². The molecule has 0 aliphatic heterocycles. The molecule has 2 rings (SSSR count). The number of nitrogens with two attached hydrogens (primary N) is 1. The Morgan fingerprint density at radius 2 is 1.74 bits per heavy atom. The van der Waals surface area contributed by atoms with E-state index in [-0.39, 0.29) is 4.90 Å². The second kappa shape index (κ2) is 7.43. The molecule has 0 aliphatic carbocycles. The van der Waals surface area contributed by atoms with Gasteiger partial charge in [-0.05, 0) is 42.5 Å². The van der Waals surface area contributed by atoms with E-state index < -0.39 is 22.5 Å². The van der Waals surface area contributed by atoms with Crippen LogP contribution >= 0.6 is 31.9 Å². The number of hydrogen-bond donors (Lipinski definition) is 2. The lowest BCUT2D eigenvalue weighted by atomic mass is 10.3. The Morgan fingerprint density at radius 1 is 1.09 bits per heavy atom. The number of hydrazine groups is 1. The standard InChI is InChI=1S/C14H13Br2N3O3S/c15-10-4-6-13(7-5-10)23(21,22)19(9-14(20)18-17)12-3-1-2-11(16)8-12/h1-8H,9,17H2,(H,18,20). The Hall–Kier alpha value is -1.42. The number of hydrogen-bond acceptors (Lipinski definition) is 4. The summed E-state index contributed by atoms with van der Waals surface area (Å²) in [4.78, 5) is 11.7. The molecule has 122 valence electrons. The van der Waals surface area contributed by atoms with Crippen molar-refractivity contribution in [2.45, 2.75) is 4.90 Å². The van der Waals surface area contributed by atoms with Gasteiger partial charge in [0.1, 0.15) is 6.54 Å². The van der Waals surface area contributed by atoms with E-state index in [1.807, 2.05) is 5.43 Å². The monoisotopic (exact) mass is 461 g/mol. The zero-order valence-electron chi connectivity index (χ0n) is 11.7. The Morgan fingerprint density at radius 3 is 2.30 bits per heavy atom. The summed E-state index contributed by atoms with van der Waals surface area (Å²) in [6.07, 6.45) is 0. The van der Waals surface area contributed by atoms with Crippen molar-refractivity contribution in [1.29, 1.82) is 0 Å². The lowest BCUT2D eigenvalue weighted by molar-refractivity contribution is -0.119. The molecular weight excluding hydrogens is 450 g/mol. The molecule has 0 aromatic heterocycles. The Labute approximate surface area is 150 Å². The number of carbonyl (C=O) groups is 1. The van der Waals surface area contributed by atoms with Crippen molar-refractivity contribution in [2.75, 3.05) is 10.8 Å². The second-order valence-corrected chi connectivity index (χ2v) is 8.21. The number of sulfonamides is 1. The first-order valence-corrected chi connectivity index (χ1v) is 9.40. The topological polar surface area (TPSA) is 92.5 Å². The first-order chi connectivity index (χ1) is 10.8. The van der Waals surface area contributed by atoms with Gasteiger partial charge in [0.15, 0.2) is 0 Å². The van der Waals surface area contributed by atoms with E-state index in [0.717, 1.165) is 8.78 Å². The maximum Gasteiger partial charge on any atom is 0.264 e. The van der Waals surface area contributed by atoms with E-state index in [4.69, 9.17) is 5.84 Å². The SMILES string of the molecule is NNC(=O)CN(c1cccc(Br)c1)S(=O)(=O)c1ccc(Br)cc1. The summed E-state index contributed by atoms with van der Waals surface area (Å²) in [7, 11) is -3.92. The highest BCUT2D eigenvalue weighted by Crippen LogP contribution is 2.26. The fourth-order valence-corrected chi connectivity index (χ4v) is 3.92. The zero-order valence-corrected chi connectivity index (χ0v) is 15.7. The molecule has 1 amide bonds. The average Bonchev–Trinajstić information content (AvgIpc) is 2.52. The minimum absolute atomic E-state index is 0.0745. The van der Waals surface area contributed by atoms with Gasteiger partial charge in [-0.3, -0.25) is 14.5 Å². The molecule has 0 unspecified atom stereocenters. The fraction of sp³-hybridized carbons (Fsp3) is 0.0714. The quantitative estimate of drug-likeness (QED) is 0.405. The van der Waals surface area contributed by atoms with Gasteiger partial charge < -0.3 is 0 Å².